The van der Waals surface area contributed by atoms with E-state index in [2.05, 4.69) is 0 Å². The van der Waals surface area contributed by atoms with Gasteiger partial charge in [0.15, 0.2) is 0 Å². The molecule has 0 bridgehead atoms. The van der Waals surface area contributed by atoms with Crippen molar-refractivity contribution in [3.8, 4) is 0 Å². The SMILES string of the molecule is CCCCON(C)C(N)=O. The van der Waals surface area contributed by atoms with Gasteiger partial charge in [-0.1, -0.05) is 13.3 Å². The van der Waals surface area contributed by atoms with Crippen LogP contribution in [-0.4, -0.2) is 24.7 Å². The number of hydroxylamine groups is 2. The summed E-state index contributed by atoms with van der Waals surface area (Å²) in [7, 11) is 1.50. The second-order valence-electron chi connectivity index (χ2n) is 2.02. The molecule has 0 spiro atoms. The Bertz CT molecular complexity index is 106. The molecule has 0 aliphatic carbocycles. The van der Waals surface area contributed by atoms with Crippen LogP contribution in [0, 0.1) is 0 Å². The molecule has 0 atom stereocenters. The summed E-state index contributed by atoms with van der Waals surface area (Å²) in [6.07, 6.45) is 1.99. The molecule has 0 aliphatic heterocycles. The summed E-state index contributed by atoms with van der Waals surface area (Å²) in [6, 6.07) is -0.559. The van der Waals surface area contributed by atoms with E-state index in [9.17, 15) is 4.79 Å². The molecule has 0 fully saturated rings. The number of carbonyl (C=O) groups is 1. The zero-order valence-electron chi connectivity index (χ0n) is 6.46. The van der Waals surface area contributed by atoms with Crippen molar-refractivity contribution >= 4 is 6.03 Å². The van der Waals surface area contributed by atoms with Crippen LogP contribution in [0.15, 0.2) is 0 Å². The van der Waals surface area contributed by atoms with Crippen molar-refractivity contribution in [2.45, 2.75) is 19.8 Å². The van der Waals surface area contributed by atoms with Crippen LogP contribution in [0.25, 0.3) is 0 Å². The van der Waals surface area contributed by atoms with Crippen LogP contribution >= 0.6 is 0 Å². The molecule has 0 heterocycles. The van der Waals surface area contributed by atoms with Gasteiger partial charge < -0.3 is 5.73 Å². The topological polar surface area (TPSA) is 55.6 Å². The highest BCUT2D eigenvalue weighted by Gasteiger charge is 2.00. The van der Waals surface area contributed by atoms with Crippen molar-refractivity contribution in [3.05, 3.63) is 0 Å². The molecule has 10 heavy (non-hydrogen) atoms. The fourth-order valence-electron chi connectivity index (χ4n) is 0.409. The molecule has 60 valence electrons. The monoisotopic (exact) mass is 146 g/mol. The van der Waals surface area contributed by atoms with Crippen LogP contribution in [0.1, 0.15) is 19.8 Å². The predicted molar refractivity (Wildman–Crippen MR) is 38.2 cm³/mol. The first-order valence-electron chi connectivity index (χ1n) is 3.34. The molecule has 0 saturated carbocycles. The third kappa shape index (κ3) is 4.14. The lowest BCUT2D eigenvalue weighted by atomic mass is 10.4. The fraction of sp³-hybridized carbons (Fsp3) is 0.833. The highest BCUT2D eigenvalue weighted by atomic mass is 16.7. The van der Waals surface area contributed by atoms with Gasteiger partial charge in [-0.2, -0.15) is 0 Å². The molecule has 0 aliphatic rings. The summed E-state index contributed by atoms with van der Waals surface area (Å²) in [5.74, 6) is 0. The van der Waals surface area contributed by atoms with Gasteiger partial charge in [0.05, 0.1) is 6.61 Å². The number of urea groups is 1. The third-order valence-corrected chi connectivity index (χ3v) is 1.09. The number of hydrogen-bond donors (Lipinski definition) is 1. The number of primary amides is 1. The van der Waals surface area contributed by atoms with E-state index in [1.807, 2.05) is 6.92 Å². The Balaban J connectivity index is 3.21. The molecule has 4 heteroatoms. The lowest BCUT2D eigenvalue weighted by Gasteiger charge is -2.12. The summed E-state index contributed by atoms with van der Waals surface area (Å²) in [5, 5.41) is 1.04. The number of amides is 2. The van der Waals surface area contributed by atoms with Gasteiger partial charge in [0.25, 0.3) is 0 Å². The van der Waals surface area contributed by atoms with Gasteiger partial charge in [-0.05, 0) is 6.42 Å². The predicted octanol–water partition coefficient (Wildman–Crippen LogP) is 0.729. The van der Waals surface area contributed by atoms with Crippen LogP contribution < -0.4 is 5.73 Å². The van der Waals surface area contributed by atoms with E-state index in [-0.39, 0.29) is 0 Å². The molecule has 2 N–H and O–H groups in total. The second kappa shape index (κ2) is 5.05. The van der Waals surface area contributed by atoms with E-state index in [0.29, 0.717) is 6.61 Å². The summed E-state index contributed by atoms with van der Waals surface area (Å²) in [6.45, 7) is 2.60. The third-order valence-electron chi connectivity index (χ3n) is 1.09. The molecule has 0 radical (unpaired) electrons. The number of nitrogens with zero attached hydrogens (tertiary/aromatic N) is 1. The molecule has 0 unspecified atom stereocenters. The molecule has 0 saturated heterocycles. The van der Waals surface area contributed by atoms with Crippen LogP contribution in [0.2, 0.25) is 0 Å². The van der Waals surface area contributed by atoms with Crippen molar-refractivity contribution in [1.82, 2.24) is 5.06 Å². The number of carbonyl (C=O) groups excluding carboxylic acids is 1. The molecule has 0 aromatic rings. The maximum atomic E-state index is 10.3. The minimum absolute atomic E-state index is 0.552. The van der Waals surface area contributed by atoms with Crippen molar-refractivity contribution < 1.29 is 9.63 Å². The van der Waals surface area contributed by atoms with Crippen LogP contribution in [-0.2, 0) is 4.84 Å². The summed E-state index contributed by atoms with van der Waals surface area (Å²) >= 11 is 0. The van der Waals surface area contributed by atoms with Gasteiger partial charge in [-0.25, -0.2) is 9.86 Å². The van der Waals surface area contributed by atoms with Gasteiger partial charge in [0.1, 0.15) is 0 Å². The highest BCUT2D eigenvalue weighted by molar-refractivity contribution is 5.70. The molecule has 4 nitrogen and oxygen atoms in total. The van der Waals surface area contributed by atoms with Crippen molar-refractivity contribution in [1.29, 1.82) is 0 Å². The molecular weight excluding hydrogens is 132 g/mol. The van der Waals surface area contributed by atoms with Gasteiger partial charge in [0, 0.05) is 7.05 Å². The van der Waals surface area contributed by atoms with E-state index >= 15 is 0 Å². The van der Waals surface area contributed by atoms with Gasteiger partial charge in [-0.15, -0.1) is 0 Å². The van der Waals surface area contributed by atoms with Crippen LogP contribution in [0.3, 0.4) is 0 Å². The second-order valence-corrected chi connectivity index (χ2v) is 2.02. The summed E-state index contributed by atoms with van der Waals surface area (Å²) in [5.41, 5.74) is 4.88. The first kappa shape index (κ1) is 9.23. The average molecular weight is 146 g/mol. The average Bonchev–Trinajstić information content (AvgIpc) is 1.88. The zero-order chi connectivity index (χ0) is 7.98. The Hall–Kier alpha value is -0.770. The Labute approximate surface area is 60.9 Å². The normalized spacial score (nSPS) is 9.40. The molecule has 0 aromatic carbocycles. The summed E-state index contributed by atoms with van der Waals surface area (Å²) in [4.78, 5) is 15.2. The van der Waals surface area contributed by atoms with Crippen LogP contribution in [0.4, 0.5) is 4.79 Å². The van der Waals surface area contributed by atoms with E-state index in [1.54, 1.807) is 0 Å². The van der Waals surface area contributed by atoms with Crippen molar-refractivity contribution in [3.63, 3.8) is 0 Å². The molecule has 0 rings (SSSR count). The van der Waals surface area contributed by atoms with E-state index in [1.165, 1.54) is 7.05 Å². The number of rotatable bonds is 4. The van der Waals surface area contributed by atoms with Gasteiger partial charge in [-0.3, -0.25) is 4.84 Å². The summed E-state index contributed by atoms with van der Waals surface area (Å²) < 4.78 is 0. The maximum absolute atomic E-state index is 10.3. The van der Waals surface area contributed by atoms with Crippen molar-refractivity contribution in [2.75, 3.05) is 13.7 Å². The van der Waals surface area contributed by atoms with Crippen LogP contribution in [0.5, 0.6) is 0 Å². The highest BCUT2D eigenvalue weighted by Crippen LogP contribution is 1.90. The lowest BCUT2D eigenvalue weighted by molar-refractivity contribution is -0.0963. The zero-order valence-corrected chi connectivity index (χ0v) is 6.46. The van der Waals surface area contributed by atoms with Gasteiger partial charge in [0.2, 0.25) is 0 Å². The number of hydrogen-bond acceptors (Lipinski definition) is 2. The van der Waals surface area contributed by atoms with E-state index in [0.717, 1.165) is 17.9 Å². The smallest absolute Gasteiger partial charge is 0.338 e. The Morgan fingerprint density at radius 1 is 1.70 bits per heavy atom. The molecule has 0 aromatic heterocycles. The maximum Gasteiger partial charge on any atom is 0.338 e. The first-order chi connectivity index (χ1) is 4.68. The first-order valence-corrected chi connectivity index (χ1v) is 3.34. The Morgan fingerprint density at radius 3 is 2.70 bits per heavy atom. The minimum Gasteiger partial charge on any atom is -0.350 e. The molecular formula is C6H14N2O2. The number of nitrogens with two attached hydrogens (primary N) is 1. The Kier molecular flexibility index (Phi) is 4.66. The van der Waals surface area contributed by atoms with E-state index < -0.39 is 6.03 Å². The number of unbranched alkanes of at least 4 members (excludes halogenated alkanes) is 1. The molecule has 2 amide bonds. The van der Waals surface area contributed by atoms with Crippen molar-refractivity contribution in [2.24, 2.45) is 5.73 Å². The fourth-order valence-corrected chi connectivity index (χ4v) is 0.409. The van der Waals surface area contributed by atoms with E-state index in [4.69, 9.17) is 10.6 Å². The Morgan fingerprint density at radius 2 is 2.30 bits per heavy atom. The minimum atomic E-state index is -0.559. The quantitative estimate of drug-likeness (QED) is 0.469. The standard InChI is InChI=1S/C6H14N2O2/c1-3-4-5-10-8(2)6(7)9/h3-5H2,1-2H3,(H2,7,9). The van der Waals surface area contributed by atoms with Gasteiger partial charge >= 0.3 is 6.03 Å². The largest absolute Gasteiger partial charge is 0.350 e. The lowest BCUT2D eigenvalue weighted by Crippen LogP contribution is -2.32.